The van der Waals surface area contributed by atoms with Crippen molar-refractivity contribution < 1.29 is 4.92 Å². The summed E-state index contributed by atoms with van der Waals surface area (Å²) >= 11 is 0. The molecule has 0 aliphatic carbocycles. The van der Waals surface area contributed by atoms with Gasteiger partial charge in [-0.15, -0.1) is 0 Å². The Balaban J connectivity index is 2.35. The molecule has 0 fully saturated rings. The molecule has 0 heterocycles. The summed E-state index contributed by atoms with van der Waals surface area (Å²) in [5, 5.41) is 20.2. The van der Waals surface area contributed by atoms with E-state index in [9.17, 15) is 10.1 Å². The molecule has 1 aromatic carbocycles. The van der Waals surface area contributed by atoms with Gasteiger partial charge in [-0.2, -0.15) is 0 Å². The Morgan fingerprint density at radius 2 is 1.86 bits per heavy atom. The normalized spacial score (nSPS) is 11.9. The number of hydrogen-bond acceptors (Lipinski definition) is 4. The lowest BCUT2D eigenvalue weighted by Gasteiger charge is -2.23. The van der Waals surface area contributed by atoms with Gasteiger partial charge in [0.05, 0.1) is 4.92 Å². The first-order chi connectivity index (χ1) is 9.81. The third-order valence-corrected chi connectivity index (χ3v) is 2.54. The van der Waals surface area contributed by atoms with Crippen molar-refractivity contribution in [1.82, 2.24) is 10.6 Å². The molecule has 0 unspecified atom stereocenters. The molecule has 3 N–H and O–H groups in total. The number of aliphatic imine (C=N–C) groups is 1. The highest BCUT2D eigenvalue weighted by molar-refractivity contribution is 5.80. The third-order valence-electron chi connectivity index (χ3n) is 2.54. The molecule has 0 radical (unpaired) electrons. The van der Waals surface area contributed by atoms with Gasteiger partial charge in [0.15, 0.2) is 5.96 Å². The van der Waals surface area contributed by atoms with Crippen LogP contribution in [0.2, 0.25) is 0 Å². The number of guanidine groups is 1. The number of anilines is 1. The fourth-order valence-electron chi connectivity index (χ4n) is 1.62. The van der Waals surface area contributed by atoms with Crippen LogP contribution in [-0.4, -0.2) is 36.6 Å². The molecule has 0 saturated heterocycles. The first-order valence-electron chi connectivity index (χ1n) is 6.79. The first-order valence-corrected chi connectivity index (χ1v) is 6.79. The Morgan fingerprint density at radius 1 is 1.24 bits per heavy atom. The van der Waals surface area contributed by atoms with Crippen LogP contribution in [0, 0.1) is 10.1 Å². The Hall–Kier alpha value is -2.31. The lowest BCUT2D eigenvalue weighted by molar-refractivity contribution is -0.384. The molecule has 116 valence electrons. The van der Waals surface area contributed by atoms with Crippen LogP contribution >= 0.6 is 0 Å². The van der Waals surface area contributed by atoms with E-state index in [1.807, 2.05) is 0 Å². The number of rotatable bonds is 5. The highest BCUT2D eigenvalue weighted by atomic mass is 16.6. The van der Waals surface area contributed by atoms with Crippen LogP contribution in [0.15, 0.2) is 29.3 Å². The van der Waals surface area contributed by atoms with Crippen LogP contribution in [0.5, 0.6) is 0 Å². The average Bonchev–Trinajstić information content (AvgIpc) is 2.41. The monoisotopic (exact) mass is 293 g/mol. The van der Waals surface area contributed by atoms with Gasteiger partial charge in [0.1, 0.15) is 0 Å². The van der Waals surface area contributed by atoms with Crippen molar-refractivity contribution in [2.45, 2.75) is 26.3 Å². The van der Waals surface area contributed by atoms with Crippen LogP contribution in [0.3, 0.4) is 0 Å². The number of nitro groups is 1. The van der Waals surface area contributed by atoms with Crippen molar-refractivity contribution in [1.29, 1.82) is 0 Å². The van der Waals surface area contributed by atoms with Crippen LogP contribution in [-0.2, 0) is 0 Å². The van der Waals surface area contributed by atoms with Crippen LogP contribution in [0.1, 0.15) is 20.8 Å². The van der Waals surface area contributed by atoms with Crippen molar-refractivity contribution in [2.24, 2.45) is 4.99 Å². The molecule has 0 bridgehead atoms. The smallest absolute Gasteiger partial charge is 0.269 e. The summed E-state index contributed by atoms with van der Waals surface area (Å²) in [5.74, 6) is 0.744. The lowest BCUT2D eigenvalue weighted by Crippen LogP contribution is -2.48. The molecule has 7 heteroatoms. The minimum atomic E-state index is -0.409. The Labute approximate surface area is 125 Å². The van der Waals surface area contributed by atoms with Crippen LogP contribution < -0.4 is 16.0 Å². The Bertz CT molecular complexity index is 491. The average molecular weight is 293 g/mol. The van der Waals surface area contributed by atoms with Crippen molar-refractivity contribution in [3.63, 3.8) is 0 Å². The van der Waals surface area contributed by atoms with E-state index in [0.29, 0.717) is 13.1 Å². The topological polar surface area (TPSA) is 91.6 Å². The van der Waals surface area contributed by atoms with Gasteiger partial charge in [-0.3, -0.25) is 15.1 Å². The molecule has 0 aliphatic rings. The summed E-state index contributed by atoms with van der Waals surface area (Å²) in [6.07, 6.45) is 0. The maximum absolute atomic E-state index is 10.5. The van der Waals surface area contributed by atoms with Gasteiger partial charge in [-0.05, 0) is 32.9 Å². The second-order valence-corrected chi connectivity index (χ2v) is 5.60. The molecule has 0 aromatic heterocycles. The molecule has 0 saturated carbocycles. The van der Waals surface area contributed by atoms with E-state index in [1.54, 1.807) is 19.2 Å². The Kier molecular flexibility index (Phi) is 5.95. The molecule has 0 amide bonds. The number of nitrogens with one attached hydrogen (secondary N) is 3. The lowest BCUT2D eigenvalue weighted by atomic mass is 10.1. The number of hydrogen-bond donors (Lipinski definition) is 3. The zero-order chi connectivity index (χ0) is 15.9. The Morgan fingerprint density at radius 3 is 2.33 bits per heavy atom. The number of nitrogens with zero attached hydrogens (tertiary/aromatic N) is 2. The molecule has 7 nitrogen and oxygen atoms in total. The van der Waals surface area contributed by atoms with Gasteiger partial charge >= 0.3 is 0 Å². The SMILES string of the molecule is CN=C(NCCNc1ccc([N+](=O)[O-])cc1)NC(C)(C)C. The molecule has 0 atom stereocenters. The summed E-state index contributed by atoms with van der Waals surface area (Å²) in [5.41, 5.74) is 0.891. The largest absolute Gasteiger partial charge is 0.383 e. The van der Waals surface area contributed by atoms with Gasteiger partial charge in [-0.1, -0.05) is 0 Å². The fraction of sp³-hybridized carbons (Fsp3) is 0.500. The van der Waals surface area contributed by atoms with E-state index in [1.165, 1.54) is 12.1 Å². The van der Waals surface area contributed by atoms with Crippen LogP contribution in [0.4, 0.5) is 11.4 Å². The first kappa shape index (κ1) is 16.7. The van der Waals surface area contributed by atoms with Gasteiger partial charge in [0, 0.05) is 43.5 Å². The van der Waals surface area contributed by atoms with Gasteiger partial charge in [0.2, 0.25) is 0 Å². The fourth-order valence-corrected chi connectivity index (χ4v) is 1.62. The molecule has 0 aliphatic heterocycles. The van der Waals surface area contributed by atoms with E-state index >= 15 is 0 Å². The van der Waals surface area contributed by atoms with Gasteiger partial charge in [-0.25, -0.2) is 0 Å². The van der Waals surface area contributed by atoms with E-state index in [2.05, 4.69) is 41.7 Å². The predicted molar refractivity (Wildman–Crippen MR) is 85.8 cm³/mol. The van der Waals surface area contributed by atoms with Crippen molar-refractivity contribution >= 4 is 17.3 Å². The van der Waals surface area contributed by atoms with Crippen molar-refractivity contribution in [2.75, 3.05) is 25.5 Å². The second-order valence-electron chi connectivity index (χ2n) is 5.60. The maximum atomic E-state index is 10.5. The zero-order valence-corrected chi connectivity index (χ0v) is 12.9. The summed E-state index contributed by atoms with van der Waals surface area (Å²) in [6, 6.07) is 6.35. The highest BCUT2D eigenvalue weighted by Crippen LogP contribution is 2.14. The maximum Gasteiger partial charge on any atom is 0.269 e. The third kappa shape index (κ3) is 6.60. The summed E-state index contributed by atoms with van der Waals surface area (Å²) in [6.45, 7) is 7.56. The summed E-state index contributed by atoms with van der Waals surface area (Å²) in [7, 11) is 1.73. The van der Waals surface area contributed by atoms with Gasteiger partial charge < -0.3 is 16.0 Å². The van der Waals surface area contributed by atoms with Crippen molar-refractivity contribution in [3.8, 4) is 0 Å². The van der Waals surface area contributed by atoms with Gasteiger partial charge in [0.25, 0.3) is 5.69 Å². The number of benzene rings is 1. The second kappa shape index (κ2) is 7.47. The van der Waals surface area contributed by atoms with E-state index < -0.39 is 4.92 Å². The molecular weight excluding hydrogens is 270 g/mol. The van der Waals surface area contributed by atoms with E-state index in [4.69, 9.17) is 0 Å². The summed E-state index contributed by atoms with van der Waals surface area (Å²) < 4.78 is 0. The minimum absolute atomic E-state index is 0.0480. The van der Waals surface area contributed by atoms with Crippen molar-refractivity contribution in [3.05, 3.63) is 34.4 Å². The quantitative estimate of drug-likeness (QED) is 0.254. The van der Waals surface area contributed by atoms with E-state index in [-0.39, 0.29) is 11.2 Å². The highest BCUT2D eigenvalue weighted by Gasteiger charge is 2.11. The standard InChI is InChI=1S/C14H23N5O2/c1-14(2,3)18-13(15-4)17-10-9-16-11-5-7-12(8-6-11)19(20)21/h5-8,16H,9-10H2,1-4H3,(H2,15,17,18). The number of nitro benzene ring substituents is 1. The molecule has 1 rings (SSSR count). The molecule has 1 aromatic rings. The van der Waals surface area contributed by atoms with E-state index in [0.717, 1.165) is 11.6 Å². The predicted octanol–water partition coefficient (Wildman–Crippen LogP) is 1.97. The minimum Gasteiger partial charge on any atom is -0.383 e. The summed E-state index contributed by atoms with van der Waals surface area (Å²) in [4.78, 5) is 14.3. The molecule has 21 heavy (non-hydrogen) atoms. The molecule has 0 spiro atoms. The molecular formula is C14H23N5O2. The zero-order valence-electron chi connectivity index (χ0n) is 12.9. The number of non-ortho nitro benzene ring substituents is 1. The van der Waals surface area contributed by atoms with Crippen LogP contribution in [0.25, 0.3) is 0 Å².